The molecule has 112 valence electrons. The summed E-state index contributed by atoms with van der Waals surface area (Å²) in [5.74, 6) is 0.818. The molecule has 0 atom stereocenters. The standard InChI is InChI=1S/C19H31N/c1-5-6-15-7-9-17(10-8-15)19(20)13-11-16(12-14-19)18(2,3)4/h7-10,16H,5-6,11-14,20H2,1-4H3. The Morgan fingerprint density at radius 1 is 1.10 bits per heavy atom. The summed E-state index contributed by atoms with van der Waals surface area (Å²) in [4.78, 5) is 0. The molecule has 20 heavy (non-hydrogen) atoms. The van der Waals surface area contributed by atoms with Gasteiger partial charge < -0.3 is 5.73 Å². The monoisotopic (exact) mass is 273 g/mol. The number of aryl methyl sites for hydroxylation is 1. The van der Waals surface area contributed by atoms with Crippen molar-refractivity contribution in [1.82, 2.24) is 0 Å². The van der Waals surface area contributed by atoms with Gasteiger partial charge in [0.15, 0.2) is 0 Å². The average molecular weight is 273 g/mol. The Hall–Kier alpha value is -0.820. The summed E-state index contributed by atoms with van der Waals surface area (Å²) >= 11 is 0. The minimum atomic E-state index is -0.0908. The molecule has 0 bridgehead atoms. The van der Waals surface area contributed by atoms with Crippen LogP contribution in [0.5, 0.6) is 0 Å². The first kappa shape index (κ1) is 15.6. The van der Waals surface area contributed by atoms with Crippen LogP contribution in [0.25, 0.3) is 0 Å². The Bertz CT molecular complexity index is 416. The highest BCUT2D eigenvalue weighted by atomic mass is 14.7. The number of hydrogen-bond donors (Lipinski definition) is 1. The lowest BCUT2D eigenvalue weighted by atomic mass is 9.66. The van der Waals surface area contributed by atoms with Gasteiger partial charge in [0.25, 0.3) is 0 Å². The SMILES string of the molecule is CCCc1ccc(C2(N)CCC(C(C)(C)C)CC2)cc1. The number of nitrogens with two attached hydrogens (primary N) is 1. The summed E-state index contributed by atoms with van der Waals surface area (Å²) in [6, 6.07) is 9.07. The van der Waals surface area contributed by atoms with Crippen molar-refractivity contribution in [1.29, 1.82) is 0 Å². The second-order valence-electron chi connectivity index (χ2n) is 7.74. The maximum atomic E-state index is 6.71. The minimum Gasteiger partial charge on any atom is -0.321 e. The molecule has 1 fully saturated rings. The predicted octanol–water partition coefficient (Wildman–Crippen LogP) is 5.03. The third-order valence-corrected chi connectivity index (χ3v) is 5.17. The van der Waals surface area contributed by atoms with Crippen molar-refractivity contribution >= 4 is 0 Å². The van der Waals surface area contributed by atoms with E-state index in [0.29, 0.717) is 5.41 Å². The lowest BCUT2D eigenvalue weighted by Crippen LogP contribution is -2.42. The van der Waals surface area contributed by atoms with Gasteiger partial charge in [0.2, 0.25) is 0 Å². The number of rotatable bonds is 3. The molecular formula is C19H31N. The molecule has 1 aromatic carbocycles. The summed E-state index contributed by atoms with van der Waals surface area (Å²) in [6.45, 7) is 9.31. The molecule has 1 aliphatic rings. The molecule has 1 nitrogen and oxygen atoms in total. The fourth-order valence-corrected chi connectivity index (χ4v) is 3.58. The van der Waals surface area contributed by atoms with Gasteiger partial charge in [0.05, 0.1) is 0 Å². The van der Waals surface area contributed by atoms with Crippen LogP contribution in [-0.4, -0.2) is 0 Å². The first-order valence-corrected chi connectivity index (χ1v) is 8.23. The Labute approximate surface area is 125 Å². The summed E-state index contributed by atoms with van der Waals surface area (Å²) in [7, 11) is 0. The van der Waals surface area contributed by atoms with Crippen LogP contribution in [0, 0.1) is 11.3 Å². The Balaban J connectivity index is 2.05. The zero-order valence-electron chi connectivity index (χ0n) is 13.7. The Morgan fingerprint density at radius 3 is 2.10 bits per heavy atom. The van der Waals surface area contributed by atoms with E-state index in [4.69, 9.17) is 5.73 Å². The lowest BCUT2D eigenvalue weighted by Gasteiger charge is -2.42. The van der Waals surface area contributed by atoms with Crippen molar-refractivity contribution in [2.75, 3.05) is 0 Å². The molecule has 0 unspecified atom stereocenters. The predicted molar refractivity (Wildman–Crippen MR) is 87.7 cm³/mol. The summed E-state index contributed by atoms with van der Waals surface area (Å²) in [5, 5.41) is 0. The van der Waals surface area contributed by atoms with Crippen molar-refractivity contribution in [3.8, 4) is 0 Å². The minimum absolute atomic E-state index is 0.0908. The van der Waals surface area contributed by atoms with E-state index >= 15 is 0 Å². The van der Waals surface area contributed by atoms with Crippen molar-refractivity contribution in [3.63, 3.8) is 0 Å². The first-order valence-electron chi connectivity index (χ1n) is 8.23. The van der Waals surface area contributed by atoms with E-state index in [-0.39, 0.29) is 5.54 Å². The van der Waals surface area contributed by atoms with Gasteiger partial charge in [0, 0.05) is 5.54 Å². The molecule has 1 aliphatic carbocycles. The quantitative estimate of drug-likeness (QED) is 0.821. The van der Waals surface area contributed by atoms with E-state index in [2.05, 4.69) is 52.0 Å². The normalized spacial score (nSPS) is 27.6. The highest BCUT2D eigenvalue weighted by Gasteiger charge is 2.37. The van der Waals surface area contributed by atoms with Crippen LogP contribution in [0.15, 0.2) is 24.3 Å². The fourth-order valence-electron chi connectivity index (χ4n) is 3.58. The van der Waals surface area contributed by atoms with Gasteiger partial charge in [-0.3, -0.25) is 0 Å². The molecule has 0 amide bonds. The smallest absolute Gasteiger partial charge is 0.0409 e. The van der Waals surface area contributed by atoms with Crippen LogP contribution in [-0.2, 0) is 12.0 Å². The molecular weight excluding hydrogens is 242 g/mol. The average Bonchev–Trinajstić information content (AvgIpc) is 2.39. The van der Waals surface area contributed by atoms with Crippen LogP contribution >= 0.6 is 0 Å². The van der Waals surface area contributed by atoms with Crippen molar-refractivity contribution in [2.45, 2.75) is 71.8 Å². The van der Waals surface area contributed by atoms with Gasteiger partial charge >= 0.3 is 0 Å². The molecule has 0 radical (unpaired) electrons. The highest BCUT2D eigenvalue weighted by molar-refractivity contribution is 5.29. The van der Waals surface area contributed by atoms with Crippen LogP contribution < -0.4 is 5.73 Å². The zero-order chi connectivity index (χ0) is 14.8. The van der Waals surface area contributed by atoms with E-state index in [9.17, 15) is 0 Å². The summed E-state index contributed by atoms with van der Waals surface area (Å²) < 4.78 is 0. The van der Waals surface area contributed by atoms with Gasteiger partial charge in [-0.05, 0) is 54.6 Å². The second kappa shape index (κ2) is 5.89. The third-order valence-electron chi connectivity index (χ3n) is 5.17. The zero-order valence-corrected chi connectivity index (χ0v) is 13.7. The van der Waals surface area contributed by atoms with Gasteiger partial charge in [0.1, 0.15) is 0 Å². The molecule has 1 aromatic rings. The topological polar surface area (TPSA) is 26.0 Å². The van der Waals surface area contributed by atoms with Gasteiger partial charge in [-0.1, -0.05) is 58.4 Å². The van der Waals surface area contributed by atoms with Gasteiger partial charge in [-0.15, -0.1) is 0 Å². The van der Waals surface area contributed by atoms with Gasteiger partial charge in [-0.2, -0.15) is 0 Å². The van der Waals surface area contributed by atoms with Crippen molar-refractivity contribution in [2.24, 2.45) is 17.1 Å². The van der Waals surface area contributed by atoms with E-state index in [1.807, 2.05) is 0 Å². The Kier molecular flexibility index (Phi) is 4.59. The molecule has 0 spiro atoms. The molecule has 0 aliphatic heterocycles. The van der Waals surface area contributed by atoms with Crippen LogP contribution in [0.1, 0.15) is 70.9 Å². The fraction of sp³-hybridized carbons (Fsp3) is 0.684. The molecule has 0 aromatic heterocycles. The second-order valence-corrected chi connectivity index (χ2v) is 7.74. The number of benzene rings is 1. The maximum absolute atomic E-state index is 6.71. The molecule has 1 saturated carbocycles. The molecule has 0 heterocycles. The molecule has 2 rings (SSSR count). The van der Waals surface area contributed by atoms with Gasteiger partial charge in [-0.25, -0.2) is 0 Å². The van der Waals surface area contributed by atoms with E-state index in [1.54, 1.807) is 0 Å². The Morgan fingerprint density at radius 2 is 1.65 bits per heavy atom. The van der Waals surface area contributed by atoms with Crippen molar-refractivity contribution in [3.05, 3.63) is 35.4 Å². The van der Waals surface area contributed by atoms with Crippen LogP contribution in [0.2, 0.25) is 0 Å². The maximum Gasteiger partial charge on any atom is 0.0409 e. The molecule has 0 saturated heterocycles. The molecule has 2 N–H and O–H groups in total. The van der Waals surface area contributed by atoms with Crippen LogP contribution in [0.4, 0.5) is 0 Å². The summed E-state index contributed by atoms with van der Waals surface area (Å²) in [5.41, 5.74) is 9.81. The highest BCUT2D eigenvalue weighted by Crippen LogP contribution is 2.44. The van der Waals surface area contributed by atoms with E-state index in [1.165, 1.54) is 36.8 Å². The largest absolute Gasteiger partial charge is 0.321 e. The van der Waals surface area contributed by atoms with E-state index < -0.39 is 0 Å². The third kappa shape index (κ3) is 3.44. The van der Waals surface area contributed by atoms with Crippen molar-refractivity contribution < 1.29 is 0 Å². The van der Waals surface area contributed by atoms with E-state index in [0.717, 1.165) is 18.8 Å². The summed E-state index contributed by atoms with van der Waals surface area (Å²) in [6.07, 6.45) is 7.15. The number of hydrogen-bond acceptors (Lipinski definition) is 1. The lowest BCUT2D eigenvalue weighted by molar-refractivity contribution is 0.134. The first-order chi connectivity index (χ1) is 9.35. The van der Waals surface area contributed by atoms with Crippen LogP contribution in [0.3, 0.4) is 0 Å². The molecule has 1 heteroatoms.